The molecule has 0 aromatic rings. The smallest absolute Gasteiger partial charge is 0.320 e. The fourth-order valence-electron chi connectivity index (χ4n) is 3.31. The van der Waals surface area contributed by atoms with E-state index in [0.717, 1.165) is 25.7 Å². The minimum absolute atomic E-state index is 0.330. The highest BCUT2D eigenvalue weighted by atomic mass is 16.4. The fourth-order valence-corrected chi connectivity index (χ4v) is 3.31. The molecule has 1 rings (SSSR count). The summed E-state index contributed by atoms with van der Waals surface area (Å²) in [6, 6.07) is 0.0990. The quantitative estimate of drug-likeness (QED) is 0.421. The third-order valence-corrected chi connectivity index (χ3v) is 4.69. The lowest BCUT2D eigenvalue weighted by molar-refractivity contribution is -0.140. The molecular formula is C18H35NO2. The van der Waals surface area contributed by atoms with Crippen LogP contribution in [-0.4, -0.2) is 23.2 Å². The lowest BCUT2D eigenvalue weighted by Crippen LogP contribution is -2.43. The zero-order chi connectivity index (χ0) is 15.3. The molecule has 21 heavy (non-hydrogen) atoms. The summed E-state index contributed by atoms with van der Waals surface area (Å²) in [5.74, 6) is -0.662. The Morgan fingerprint density at radius 1 is 1.00 bits per heavy atom. The molecule has 1 atom stereocenters. The van der Waals surface area contributed by atoms with Gasteiger partial charge in [0.25, 0.3) is 0 Å². The number of carboxylic acids is 1. The van der Waals surface area contributed by atoms with Gasteiger partial charge in [-0.15, -0.1) is 0 Å². The maximum atomic E-state index is 11.4. The summed E-state index contributed by atoms with van der Waals surface area (Å²) >= 11 is 0. The number of rotatable bonds is 11. The van der Waals surface area contributed by atoms with Gasteiger partial charge in [0.2, 0.25) is 0 Å². The van der Waals surface area contributed by atoms with Crippen molar-refractivity contribution in [2.45, 2.75) is 109 Å². The summed E-state index contributed by atoms with van der Waals surface area (Å²) < 4.78 is 0. The van der Waals surface area contributed by atoms with Crippen molar-refractivity contribution in [3.8, 4) is 0 Å². The third-order valence-electron chi connectivity index (χ3n) is 4.69. The maximum absolute atomic E-state index is 11.4. The van der Waals surface area contributed by atoms with E-state index in [-0.39, 0.29) is 6.04 Å². The number of hydrogen-bond acceptors (Lipinski definition) is 2. The van der Waals surface area contributed by atoms with E-state index in [1.54, 1.807) is 0 Å². The van der Waals surface area contributed by atoms with Crippen molar-refractivity contribution in [2.24, 2.45) is 0 Å². The van der Waals surface area contributed by atoms with Crippen LogP contribution < -0.4 is 5.32 Å². The number of carboxylic acid groups (broad SMARTS) is 1. The Bertz CT molecular complexity index is 260. The van der Waals surface area contributed by atoms with E-state index in [0.29, 0.717) is 6.04 Å². The summed E-state index contributed by atoms with van der Waals surface area (Å²) in [5, 5.41) is 12.8. The summed E-state index contributed by atoms with van der Waals surface area (Å²) in [6.45, 7) is 2.23. The summed E-state index contributed by atoms with van der Waals surface area (Å²) in [6.07, 6.45) is 17.0. The van der Waals surface area contributed by atoms with Crippen LogP contribution in [0, 0.1) is 0 Å². The van der Waals surface area contributed by atoms with Crippen LogP contribution in [0.2, 0.25) is 0 Å². The summed E-state index contributed by atoms with van der Waals surface area (Å²) in [5.41, 5.74) is 0. The first-order chi connectivity index (χ1) is 10.2. The van der Waals surface area contributed by atoms with Gasteiger partial charge in [-0.25, -0.2) is 0 Å². The second-order valence-corrected chi connectivity index (χ2v) is 6.66. The molecule has 0 radical (unpaired) electrons. The first-order valence-electron chi connectivity index (χ1n) is 9.23. The molecule has 0 bridgehead atoms. The van der Waals surface area contributed by atoms with E-state index in [4.69, 9.17) is 0 Å². The molecule has 1 fully saturated rings. The Morgan fingerprint density at radius 3 is 2.14 bits per heavy atom. The van der Waals surface area contributed by atoms with Gasteiger partial charge in [0.1, 0.15) is 6.04 Å². The molecule has 0 spiro atoms. The van der Waals surface area contributed by atoms with Crippen molar-refractivity contribution in [1.82, 2.24) is 5.32 Å². The lowest BCUT2D eigenvalue weighted by atomic mass is 10.0. The van der Waals surface area contributed by atoms with Crippen molar-refractivity contribution in [1.29, 1.82) is 0 Å². The highest BCUT2D eigenvalue weighted by Crippen LogP contribution is 2.18. The molecule has 1 unspecified atom stereocenters. The van der Waals surface area contributed by atoms with Gasteiger partial charge in [0.05, 0.1) is 0 Å². The van der Waals surface area contributed by atoms with Crippen molar-refractivity contribution in [2.75, 3.05) is 0 Å². The highest BCUT2D eigenvalue weighted by molar-refractivity contribution is 5.73. The molecule has 3 nitrogen and oxygen atoms in total. The number of carbonyl (C=O) groups is 1. The van der Waals surface area contributed by atoms with E-state index in [1.165, 1.54) is 64.2 Å². The van der Waals surface area contributed by atoms with E-state index in [1.807, 2.05) is 0 Å². The summed E-state index contributed by atoms with van der Waals surface area (Å²) in [7, 11) is 0. The Morgan fingerprint density at radius 2 is 1.57 bits per heavy atom. The molecule has 0 aromatic carbocycles. The van der Waals surface area contributed by atoms with Gasteiger partial charge in [-0.05, 0) is 19.3 Å². The van der Waals surface area contributed by atoms with Crippen LogP contribution in [0.4, 0.5) is 0 Å². The molecule has 124 valence electrons. The minimum atomic E-state index is -0.662. The van der Waals surface area contributed by atoms with E-state index in [2.05, 4.69) is 12.2 Å². The van der Waals surface area contributed by atoms with Crippen LogP contribution in [0.25, 0.3) is 0 Å². The van der Waals surface area contributed by atoms with Crippen LogP contribution in [-0.2, 0) is 4.79 Å². The van der Waals surface area contributed by atoms with Crippen LogP contribution in [0.5, 0.6) is 0 Å². The van der Waals surface area contributed by atoms with Gasteiger partial charge < -0.3 is 10.4 Å². The molecule has 0 saturated heterocycles. The van der Waals surface area contributed by atoms with Crippen molar-refractivity contribution in [3.05, 3.63) is 0 Å². The zero-order valence-corrected chi connectivity index (χ0v) is 13.9. The van der Waals surface area contributed by atoms with Gasteiger partial charge in [-0.1, -0.05) is 77.6 Å². The lowest BCUT2D eigenvalue weighted by Gasteiger charge is -2.22. The number of hydrogen-bond donors (Lipinski definition) is 2. The van der Waals surface area contributed by atoms with Crippen LogP contribution in [0.15, 0.2) is 0 Å². The SMILES string of the molecule is CCCCCCCCCC(NC1CCCCCC1)C(=O)O. The van der Waals surface area contributed by atoms with Gasteiger partial charge in [0, 0.05) is 6.04 Å². The Hall–Kier alpha value is -0.570. The number of unbranched alkanes of at least 4 members (excludes halogenated alkanes) is 6. The van der Waals surface area contributed by atoms with E-state index >= 15 is 0 Å². The molecule has 0 aromatic heterocycles. The van der Waals surface area contributed by atoms with Gasteiger partial charge in [0.15, 0.2) is 0 Å². The molecule has 3 heteroatoms. The molecule has 0 amide bonds. The molecule has 2 N–H and O–H groups in total. The topological polar surface area (TPSA) is 49.3 Å². The molecule has 1 saturated carbocycles. The normalized spacial score (nSPS) is 18.3. The largest absolute Gasteiger partial charge is 0.480 e. The predicted octanol–water partition coefficient (Wildman–Crippen LogP) is 4.89. The first-order valence-corrected chi connectivity index (χ1v) is 9.23. The molecule has 1 aliphatic carbocycles. The molecule has 0 aliphatic heterocycles. The fraction of sp³-hybridized carbons (Fsp3) is 0.944. The van der Waals surface area contributed by atoms with Crippen LogP contribution in [0.3, 0.4) is 0 Å². The van der Waals surface area contributed by atoms with E-state index in [9.17, 15) is 9.90 Å². The van der Waals surface area contributed by atoms with Crippen LogP contribution >= 0.6 is 0 Å². The Labute approximate surface area is 130 Å². The maximum Gasteiger partial charge on any atom is 0.320 e. The average Bonchev–Trinajstić information content (AvgIpc) is 2.73. The average molecular weight is 297 g/mol. The first kappa shape index (κ1) is 18.5. The molecular weight excluding hydrogens is 262 g/mol. The van der Waals surface area contributed by atoms with Crippen molar-refractivity contribution in [3.63, 3.8) is 0 Å². The second-order valence-electron chi connectivity index (χ2n) is 6.66. The van der Waals surface area contributed by atoms with Gasteiger partial charge in [-0.3, -0.25) is 4.79 Å². The number of aliphatic carboxylic acids is 1. The van der Waals surface area contributed by atoms with E-state index < -0.39 is 5.97 Å². The third kappa shape index (κ3) is 9.13. The monoisotopic (exact) mass is 297 g/mol. The molecule has 0 heterocycles. The standard InChI is InChI=1S/C18H35NO2/c1-2-3-4-5-6-7-12-15-17(18(20)21)19-16-13-10-8-9-11-14-16/h16-17,19H,2-15H2,1H3,(H,20,21). The minimum Gasteiger partial charge on any atom is -0.480 e. The van der Waals surface area contributed by atoms with Crippen molar-refractivity contribution < 1.29 is 9.90 Å². The Kier molecular flexibility index (Phi) is 10.6. The Balaban J connectivity index is 2.15. The van der Waals surface area contributed by atoms with Crippen molar-refractivity contribution >= 4 is 5.97 Å². The summed E-state index contributed by atoms with van der Waals surface area (Å²) in [4.78, 5) is 11.4. The zero-order valence-electron chi connectivity index (χ0n) is 13.9. The van der Waals surface area contributed by atoms with Gasteiger partial charge in [-0.2, -0.15) is 0 Å². The predicted molar refractivity (Wildman–Crippen MR) is 88.7 cm³/mol. The van der Waals surface area contributed by atoms with Crippen LogP contribution in [0.1, 0.15) is 96.8 Å². The van der Waals surface area contributed by atoms with Gasteiger partial charge >= 0.3 is 5.97 Å². The number of nitrogens with one attached hydrogen (secondary N) is 1. The molecule has 1 aliphatic rings. The second kappa shape index (κ2) is 12.0. The highest BCUT2D eigenvalue weighted by Gasteiger charge is 2.21.